The van der Waals surface area contributed by atoms with Gasteiger partial charge in [0.25, 0.3) is 0 Å². The van der Waals surface area contributed by atoms with Crippen molar-refractivity contribution in [2.45, 2.75) is 0 Å². The molecule has 0 aromatic heterocycles. The minimum absolute atomic E-state index is 0. The van der Waals surface area contributed by atoms with Crippen molar-refractivity contribution in [1.82, 2.24) is 0 Å². The summed E-state index contributed by atoms with van der Waals surface area (Å²) in [5.41, 5.74) is 0. The van der Waals surface area contributed by atoms with Crippen molar-refractivity contribution in [3.8, 4) is 0 Å². The predicted molar refractivity (Wildman–Crippen MR) is 22.0 cm³/mol. The molecule has 0 heterocycles. The summed E-state index contributed by atoms with van der Waals surface area (Å²) in [4.78, 5) is 0. The van der Waals surface area contributed by atoms with Gasteiger partial charge in [-0.3, -0.25) is 0 Å². The van der Waals surface area contributed by atoms with Gasteiger partial charge in [0.05, 0.1) is 0 Å². The molecule has 0 fully saturated rings. The van der Waals surface area contributed by atoms with Crippen LogP contribution in [0.4, 0.5) is 0 Å². The average molecular weight is 156 g/mol. The Balaban J connectivity index is 0.000000250. The maximum absolute atomic E-state index is 2.00. The summed E-state index contributed by atoms with van der Waals surface area (Å²) in [7, 11) is 0. The van der Waals surface area contributed by atoms with Gasteiger partial charge in [-0.15, -0.1) is 0 Å². The van der Waals surface area contributed by atoms with Gasteiger partial charge in [0.15, 0.2) is 0 Å². The molecule has 0 bridgehead atoms. The Morgan fingerprint density at radius 1 is 1.00 bits per heavy atom. The topological polar surface area (TPSA) is 0 Å². The molecule has 1 rings (SSSR count). The average Bonchev–Trinajstić information content (AvgIpc) is 1.76. The third kappa shape index (κ3) is 1.62. The van der Waals surface area contributed by atoms with Crippen LogP contribution in [0.3, 0.4) is 0 Å². The third-order valence-corrected chi connectivity index (χ3v) is 0.556. The Kier molecular flexibility index (Phi) is 3.56. The molecule has 0 aliphatic heterocycles. The molecular weight excluding hydrogens is 151 g/mol. The van der Waals surface area contributed by atoms with Crippen molar-refractivity contribution in [3.63, 3.8) is 0 Å². The van der Waals surface area contributed by atoms with E-state index in [0.29, 0.717) is 0 Å². The molecule has 0 radical (unpaired) electrons. The molecule has 0 atom stereocenters. The Bertz CT molecular complexity index is 60.4. The molecule has 0 amide bonds. The van der Waals surface area contributed by atoms with Crippen molar-refractivity contribution in [2.75, 3.05) is 0 Å². The van der Waals surface area contributed by atoms with Crippen LogP contribution in [0.15, 0.2) is 30.3 Å². The normalized spacial score (nSPS) is 6.67. The van der Waals surface area contributed by atoms with E-state index in [1.54, 1.807) is 0 Å². The molecule has 6 heavy (non-hydrogen) atoms. The van der Waals surface area contributed by atoms with E-state index >= 15 is 0 Å². The van der Waals surface area contributed by atoms with E-state index in [9.17, 15) is 0 Å². The van der Waals surface area contributed by atoms with Crippen LogP contribution in [0.25, 0.3) is 0 Å². The maximum Gasteiger partial charge on any atom is 2.00 e. The zero-order valence-electron chi connectivity index (χ0n) is 3.39. The number of hydrogen-bond donors (Lipinski definition) is 0. The Hall–Kier alpha value is 0.233. The van der Waals surface area contributed by atoms with Crippen molar-refractivity contribution in [2.24, 2.45) is 0 Å². The summed E-state index contributed by atoms with van der Waals surface area (Å²) in [6.45, 7) is 0. The van der Waals surface area contributed by atoms with Crippen LogP contribution < -0.4 is 0 Å². The smallest absolute Gasteiger partial charge is 0.214 e. The van der Waals surface area contributed by atoms with E-state index in [0.717, 1.165) is 0 Å². The van der Waals surface area contributed by atoms with Gasteiger partial charge in [-0.2, -0.15) is 18.2 Å². The van der Waals surface area contributed by atoms with Crippen LogP contribution in [0.5, 0.6) is 0 Å². The second-order valence-electron chi connectivity index (χ2n) is 0.962. The summed E-state index contributed by atoms with van der Waals surface area (Å²) in [5, 5.41) is 0. The van der Waals surface area contributed by atoms with E-state index in [1.165, 1.54) is 0 Å². The van der Waals surface area contributed by atoms with Crippen molar-refractivity contribution >= 4 is 0 Å². The van der Waals surface area contributed by atoms with Gasteiger partial charge in [-0.25, -0.2) is 12.1 Å². The molecule has 1 aromatic rings. The molecular formula is C5H5Zr+. The predicted octanol–water partition coefficient (Wildman–Crippen LogP) is 1.40. The zero-order valence-corrected chi connectivity index (χ0v) is 5.84. The molecule has 0 N–H and O–H groups in total. The fourth-order valence-electron chi connectivity index (χ4n) is 0.321. The first-order valence-corrected chi connectivity index (χ1v) is 1.67. The molecule has 0 aliphatic rings. The summed E-state index contributed by atoms with van der Waals surface area (Å²) >= 11 is 0. The molecule has 1 aromatic carbocycles. The summed E-state index contributed by atoms with van der Waals surface area (Å²) < 4.78 is 0. The quantitative estimate of drug-likeness (QED) is 0.498. The van der Waals surface area contributed by atoms with Gasteiger partial charge in [0, 0.05) is 0 Å². The van der Waals surface area contributed by atoms with E-state index in [4.69, 9.17) is 0 Å². The minimum atomic E-state index is 0. The van der Waals surface area contributed by atoms with Gasteiger partial charge in [0.2, 0.25) is 0 Å². The van der Waals surface area contributed by atoms with Crippen LogP contribution in [0.2, 0.25) is 0 Å². The first-order chi connectivity index (χ1) is 2.50. The van der Waals surface area contributed by atoms with Gasteiger partial charge in [-0.1, -0.05) is 0 Å². The minimum Gasteiger partial charge on any atom is -0.214 e. The van der Waals surface area contributed by atoms with E-state index in [1.807, 2.05) is 30.3 Å². The number of hydrogen-bond acceptors (Lipinski definition) is 0. The monoisotopic (exact) mass is 155 g/mol. The first kappa shape index (κ1) is 6.23. The molecule has 0 saturated heterocycles. The van der Waals surface area contributed by atoms with E-state index in [-0.39, 0.29) is 26.2 Å². The molecule has 0 spiro atoms. The first-order valence-electron chi connectivity index (χ1n) is 1.67. The Morgan fingerprint density at radius 2 is 1.50 bits per heavy atom. The summed E-state index contributed by atoms with van der Waals surface area (Å²) in [6.07, 6.45) is 0. The van der Waals surface area contributed by atoms with E-state index in [2.05, 4.69) is 0 Å². The van der Waals surface area contributed by atoms with Crippen molar-refractivity contribution in [3.05, 3.63) is 30.3 Å². The van der Waals surface area contributed by atoms with Crippen molar-refractivity contribution < 1.29 is 26.2 Å². The molecule has 0 saturated carbocycles. The van der Waals surface area contributed by atoms with Gasteiger partial charge < -0.3 is 0 Å². The molecule has 0 nitrogen and oxygen atoms in total. The van der Waals surface area contributed by atoms with Crippen LogP contribution >= 0.6 is 0 Å². The van der Waals surface area contributed by atoms with Crippen molar-refractivity contribution in [1.29, 1.82) is 0 Å². The summed E-state index contributed by atoms with van der Waals surface area (Å²) in [6, 6.07) is 10.0. The van der Waals surface area contributed by atoms with Crippen LogP contribution in [-0.4, -0.2) is 0 Å². The van der Waals surface area contributed by atoms with Crippen LogP contribution in [-0.2, 0) is 26.2 Å². The second kappa shape index (κ2) is 3.42. The summed E-state index contributed by atoms with van der Waals surface area (Å²) in [5.74, 6) is 0. The standard InChI is InChI=1S/C5H5.Zr/c1-2-4-5-3-1;/h1-5H;/q-1;+2. The fourth-order valence-corrected chi connectivity index (χ4v) is 0.321. The van der Waals surface area contributed by atoms with Gasteiger partial charge in [0.1, 0.15) is 0 Å². The van der Waals surface area contributed by atoms with Crippen LogP contribution in [0, 0.1) is 0 Å². The third-order valence-electron chi connectivity index (χ3n) is 0.556. The zero-order chi connectivity index (χ0) is 3.54. The fraction of sp³-hybridized carbons (Fsp3) is 0. The Morgan fingerprint density at radius 3 is 1.67 bits per heavy atom. The largest absolute Gasteiger partial charge is 2.00 e. The molecule has 28 valence electrons. The number of rotatable bonds is 0. The SMILES string of the molecule is [Zr+2].c1cc[cH-]c1. The molecule has 0 aliphatic carbocycles. The Labute approximate surface area is 56.7 Å². The van der Waals surface area contributed by atoms with Crippen LogP contribution in [0.1, 0.15) is 0 Å². The van der Waals surface area contributed by atoms with Gasteiger partial charge in [-0.05, 0) is 0 Å². The maximum atomic E-state index is 2.00. The van der Waals surface area contributed by atoms with Gasteiger partial charge >= 0.3 is 26.2 Å². The van der Waals surface area contributed by atoms with E-state index < -0.39 is 0 Å². The second-order valence-corrected chi connectivity index (χ2v) is 0.962. The molecule has 1 heteroatoms. The molecule has 0 unspecified atom stereocenters.